The van der Waals surface area contributed by atoms with E-state index in [0.717, 1.165) is 5.56 Å². The molecule has 0 saturated heterocycles. The Morgan fingerprint density at radius 1 is 1.27 bits per heavy atom. The Morgan fingerprint density at radius 3 is 2.82 bits per heavy atom. The molecule has 2 unspecified atom stereocenters. The van der Waals surface area contributed by atoms with Gasteiger partial charge in [-0.25, -0.2) is 13.8 Å². The molecular formula is C15H14FN5O. The van der Waals surface area contributed by atoms with Crippen molar-refractivity contribution in [3.8, 4) is 11.7 Å². The Balaban J connectivity index is 1.74. The molecule has 0 bridgehead atoms. The van der Waals surface area contributed by atoms with Crippen LogP contribution in [0.4, 0.5) is 4.39 Å². The van der Waals surface area contributed by atoms with Gasteiger partial charge in [0.15, 0.2) is 17.7 Å². The number of fused-ring (bicyclic) bond motifs is 1. The molecule has 4 rings (SSSR count). The summed E-state index contributed by atoms with van der Waals surface area (Å²) >= 11 is 0. The summed E-state index contributed by atoms with van der Waals surface area (Å²) in [4.78, 5) is 4.29. The molecule has 3 heterocycles. The average molecular weight is 299 g/mol. The van der Waals surface area contributed by atoms with Crippen LogP contribution in [-0.4, -0.2) is 31.7 Å². The van der Waals surface area contributed by atoms with Gasteiger partial charge in [-0.3, -0.25) is 0 Å². The molecule has 0 aliphatic carbocycles. The lowest BCUT2D eigenvalue weighted by Gasteiger charge is -2.11. The summed E-state index contributed by atoms with van der Waals surface area (Å²) in [6.07, 6.45) is 2.47. The van der Waals surface area contributed by atoms with Gasteiger partial charge in [0.05, 0.1) is 25.5 Å². The second kappa shape index (κ2) is 4.94. The number of rotatable bonds is 3. The molecule has 0 spiro atoms. The van der Waals surface area contributed by atoms with Gasteiger partial charge in [-0.1, -0.05) is 30.3 Å². The predicted octanol–water partition coefficient (Wildman–Crippen LogP) is 2.48. The number of hydrogen-bond acceptors (Lipinski definition) is 4. The average Bonchev–Trinajstić information content (AvgIpc) is 3.24. The van der Waals surface area contributed by atoms with Crippen LogP contribution >= 0.6 is 0 Å². The predicted molar refractivity (Wildman–Crippen MR) is 76.7 cm³/mol. The number of hydrogen-bond donors (Lipinski definition) is 0. The van der Waals surface area contributed by atoms with Crippen LogP contribution in [0.1, 0.15) is 30.0 Å². The highest BCUT2D eigenvalue weighted by atomic mass is 19.1. The lowest BCUT2D eigenvalue weighted by atomic mass is 10.0. The van der Waals surface area contributed by atoms with Gasteiger partial charge >= 0.3 is 0 Å². The third kappa shape index (κ3) is 1.97. The Labute approximate surface area is 126 Å². The zero-order valence-electron chi connectivity index (χ0n) is 11.9. The third-order valence-electron chi connectivity index (χ3n) is 3.84. The van der Waals surface area contributed by atoms with E-state index >= 15 is 0 Å². The van der Waals surface area contributed by atoms with Crippen LogP contribution in [0, 0.1) is 0 Å². The highest BCUT2D eigenvalue weighted by Crippen LogP contribution is 2.39. The Hall–Kier alpha value is -2.70. The fourth-order valence-corrected chi connectivity index (χ4v) is 2.74. The molecule has 0 amide bonds. The minimum atomic E-state index is -1.12. The first-order valence-electron chi connectivity index (χ1n) is 7.01. The smallest absolute Gasteiger partial charge is 0.269 e. The molecule has 1 aliphatic heterocycles. The molecule has 3 aromatic rings. The number of benzene rings is 1. The minimum absolute atomic E-state index is 0.134. The lowest BCUT2D eigenvalue weighted by Crippen LogP contribution is -2.08. The lowest BCUT2D eigenvalue weighted by molar-refractivity contribution is 0.328. The van der Waals surface area contributed by atoms with Crippen molar-refractivity contribution >= 4 is 0 Å². The number of nitrogens with zero attached hydrogens (tertiary/aromatic N) is 5. The summed E-state index contributed by atoms with van der Waals surface area (Å²) in [6, 6.07) is 9.64. The Bertz CT molecular complexity index is 797. The fourth-order valence-electron chi connectivity index (χ4n) is 2.74. The molecule has 0 N–H and O–H groups in total. The highest BCUT2D eigenvalue weighted by Gasteiger charge is 2.35. The van der Waals surface area contributed by atoms with E-state index < -0.39 is 6.17 Å². The quantitative estimate of drug-likeness (QED) is 0.745. The normalized spacial score (nSPS) is 20.1. The molecule has 0 saturated carbocycles. The zero-order chi connectivity index (χ0) is 15.1. The number of alkyl halides is 1. The van der Waals surface area contributed by atoms with Gasteiger partial charge in [0, 0.05) is 6.42 Å². The standard InChI is InChI=1S/C15H14FN5O/c1-22-11-8-17-20(9-11)15-18-14-12(16)7-13(21(14)19-15)10-5-3-2-4-6-10/h2-6,8-9,12-13H,7H2,1H3. The second-order valence-electron chi connectivity index (χ2n) is 5.17. The van der Waals surface area contributed by atoms with Gasteiger partial charge < -0.3 is 4.74 Å². The number of methoxy groups -OCH3 is 1. The van der Waals surface area contributed by atoms with Gasteiger partial charge in [-0.15, -0.1) is 5.10 Å². The van der Waals surface area contributed by atoms with E-state index in [0.29, 0.717) is 23.9 Å². The topological polar surface area (TPSA) is 57.8 Å². The number of ether oxygens (including phenoxy) is 1. The molecule has 2 aromatic heterocycles. The van der Waals surface area contributed by atoms with Gasteiger partial charge in [-0.2, -0.15) is 10.1 Å². The van der Waals surface area contributed by atoms with Crippen molar-refractivity contribution in [2.24, 2.45) is 0 Å². The largest absolute Gasteiger partial charge is 0.493 e. The molecule has 0 fully saturated rings. The van der Waals surface area contributed by atoms with Crippen LogP contribution in [0.2, 0.25) is 0 Å². The maximum absolute atomic E-state index is 14.3. The molecule has 1 aromatic carbocycles. The molecule has 7 heteroatoms. The molecule has 1 aliphatic rings. The monoisotopic (exact) mass is 299 g/mol. The summed E-state index contributed by atoms with van der Waals surface area (Å²) in [5.74, 6) is 1.30. The second-order valence-corrected chi connectivity index (χ2v) is 5.17. The third-order valence-corrected chi connectivity index (χ3v) is 3.84. The van der Waals surface area contributed by atoms with Crippen molar-refractivity contribution < 1.29 is 9.13 Å². The van der Waals surface area contributed by atoms with Gasteiger partial charge in [-0.05, 0) is 5.56 Å². The Kier molecular flexibility index (Phi) is 2.92. The van der Waals surface area contributed by atoms with Crippen molar-refractivity contribution in [1.29, 1.82) is 0 Å². The van der Waals surface area contributed by atoms with E-state index in [1.165, 1.54) is 4.68 Å². The molecule has 6 nitrogen and oxygen atoms in total. The van der Waals surface area contributed by atoms with Crippen molar-refractivity contribution in [2.75, 3.05) is 7.11 Å². The summed E-state index contributed by atoms with van der Waals surface area (Å²) in [7, 11) is 1.56. The van der Waals surface area contributed by atoms with E-state index in [-0.39, 0.29) is 6.04 Å². The van der Waals surface area contributed by atoms with Crippen LogP contribution in [0.5, 0.6) is 5.75 Å². The maximum Gasteiger partial charge on any atom is 0.269 e. The minimum Gasteiger partial charge on any atom is -0.493 e. The van der Waals surface area contributed by atoms with Crippen LogP contribution in [-0.2, 0) is 0 Å². The van der Waals surface area contributed by atoms with Gasteiger partial charge in [0.2, 0.25) is 0 Å². The van der Waals surface area contributed by atoms with E-state index in [9.17, 15) is 4.39 Å². The van der Waals surface area contributed by atoms with E-state index in [2.05, 4.69) is 15.2 Å². The van der Waals surface area contributed by atoms with Crippen molar-refractivity contribution in [3.05, 3.63) is 54.1 Å². The number of halogens is 1. The highest BCUT2D eigenvalue weighted by molar-refractivity contribution is 5.26. The van der Waals surface area contributed by atoms with Crippen molar-refractivity contribution in [2.45, 2.75) is 18.6 Å². The van der Waals surface area contributed by atoms with E-state index in [1.807, 2.05) is 30.3 Å². The number of aromatic nitrogens is 5. The van der Waals surface area contributed by atoms with E-state index in [4.69, 9.17) is 4.74 Å². The Morgan fingerprint density at radius 2 is 2.09 bits per heavy atom. The molecule has 0 radical (unpaired) electrons. The van der Waals surface area contributed by atoms with Gasteiger partial charge in [0.1, 0.15) is 0 Å². The van der Waals surface area contributed by atoms with Gasteiger partial charge in [0.25, 0.3) is 5.95 Å². The van der Waals surface area contributed by atoms with Crippen molar-refractivity contribution in [3.63, 3.8) is 0 Å². The van der Waals surface area contributed by atoms with Crippen LogP contribution < -0.4 is 4.74 Å². The molecule has 22 heavy (non-hydrogen) atoms. The first kappa shape index (κ1) is 13.0. The first-order valence-corrected chi connectivity index (χ1v) is 7.01. The van der Waals surface area contributed by atoms with Crippen LogP contribution in [0.25, 0.3) is 5.95 Å². The van der Waals surface area contributed by atoms with Crippen molar-refractivity contribution in [1.82, 2.24) is 24.5 Å². The fraction of sp³-hybridized carbons (Fsp3) is 0.267. The first-order chi connectivity index (χ1) is 10.8. The molecule has 112 valence electrons. The summed E-state index contributed by atoms with van der Waals surface area (Å²) in [6.45, 7) is 0. The molecular weight excluding hydrogens is 285 g/mol. The molecule has 2 atom stereocenters. The maximum atomic E-state index is 14.3. The summed E-state index contributed by atoms with van der Waals surface area (Å²) in [5.41, 5.74) is 1.03. The zero-order valence-corrected chi connectivity index (χ0v) is 11.9. The summed E-state index contributed by atoms with van der Waals surface area (Å²) in [5, 5.41) is 8.55. The summed E-state index contributed by atoms with van der Waals surface area (Å²) < 4.78 is 22.5. The SMILES string of the molecule is COc1cnn(-c2nc3n(n2)C(c2ccccc2)CC3F)c1. The van der Waals surface area contributed by atoms with Crippen LogP contribution in [0.15, 0.2) is 42.7 Å². The van der Waals surface area contributed by atoms with E-state index in [1.54, 1.807) is 24.2 Å². The van der Waals surface area contributed by atoms with Crippen LogP contribution in [0.3, 0.4) is 0 Å².